The van der Waals surface area contributed by atoms with Gasteiger partial charge in [0.25, 0.3) is 0 Å². The molecule has 1 heterocycles. The number of nitrogens with one attached hydrogen (secondary N) is 3. The summed E-state index contributed by atoms with van der Waals surface area (Å²) >= 11 is 0. The van der Waals surface area contributed by atoms with E-state index in [-0.39, 0.29) is 12.2 Å². The monoisotopic (exact) mass is 359 g/mol. The maximum Gasteiger partial charge on any atom is 0.319 e. The number of rotatable bonds is 6. The topological polar surface area (TPSA) is 96.8 Å². The van der Waals surface area contributed by atoms with Gasteiger partial charge < -0.3 is 16.0 Å². The first-order chi connectivity index (χ1) is 12.6. The molecular formula is C16H15F2N7O. The lowest BCUT2D eigenvalue weighted by Gasteiger charge is -2.10. The van der Waals surface area contributed by atoms with Crippen LogP contribution in [0.2, 0.25) is 0 Å². The van der Waals surface area contributed by atoms with Crippen molar-refractivity contribution in [3.8, 4) is 5.69 Å². The lowest BCUT2D eigenvalue weighted by atomic mass is 10.3. The number of tetrazole rings is 1. The predicted molar refractivity (Wildman–Crippen MR) is 91.0 cm³/mol. The molecule has 8 nitrogen and oxygen atoms in total. The molecule has 10 heteroatoms. The fraction of sp³-hybridized carbons (Fsp3) is 0.125. The van der Waals surface area contributed by atoms with Crippen LogP contribution in [0.3, 0.4) is 0 Å². The first-order valence-electron chi connectivity index (χ1n) is 7.71. The number of aromatic nitrogens is 4. The quantitative estimate of drug-likeness (QED) is 0.586. The van der Waals surface area contributed by atoms with Crippen molar-refractivity contribution in [3.05, 3.63) is 60.2 Å². The van der Waals surface area contributed by atoms with Crippen molar-refractivity contribution >= 4 is 17.7 Å². The van der Waals surface area contributed by atoms with E-state index < -0.39 is 17.7 Å². The Morgan fingerprint density at radius 2 is 1.88 bits per heavy atom. The fourth-order valence-corrected chi connectivity index (χ4v) is 2.15. The van der Waals surface area contributed by atoms with Crippen LogP contribution < -0.4 is 16.0 Å². The summed E-state index contributed by atoms with van der Waals surface area (Å²) in [5.41, 5.74) is 0.683. The van der Waals surface area contributed by atoms with Crippen LogP contribution in [0.1, 0.15) is 0 Å². The molecule has 0 fully saturated rings. The number of hydrogen-bond donors (Lipinski definition) is 3. The number of halogens is 2. The van der Waals surface area contributed by atoms with E-state index in [0.29, 0.717) is 18.6 Å². The first-order valence-corrected chi connectivity index (χ1v) is 7.71. The van der Waals surface area contributed by atoms with Gasteiger partial charge in [-0.1, -0.05) is 23.3 Å². The molecule has 1 aromatic heterocycles. The highest BCUT2D eigenvalue weighted by Crippen LogP contribution is 2.14. The van der Waals surface area contributed by atoms with Gasteiger partial charge in [0.2, 0.25) is 5.95 Å². The maximum absolute atomic E-state index is 13.5. The largest absolute Gasteiger partial charge is 0.351 e. The van der Waals surface area contributed by atoms with Crippen LogP contribution in [-0.4, -0.2) is 39.3 Å². The van der Waals surface area contributed by atoms with E-state index in [1.807, 2.05) is 30.3 Å². The van der Waals surface area contributed by atoms with Gasteiger partial charge in [-0.05, 0) is 34.7 Å². The minimum atomic E-state index is -0.847. The number of carbonyl (C=O) groups is 1. The third-order valence-electron chi connectivity index (χ3n) is 3.34. The van der Waals surface area contributed by atoms with E-state index in [1.54, 1.807) is 0 Å². The summed E-state index contributed by atoms with van der Waals surface area (Å²) in [6.45, 7) is 0.572. The second-order valence-corrected chi connectivity index (χ2v) is 5.18. The maximum atomic E-state index is 13.5. The molecule has 0 atom stereocenters. The predicted octanol–water partition coefficient (Wildman–Crippen LogP) is 2.17. The zero-order valence-electron chi connectivity index (χ0n) is 13.5. The molecule has 2 aromatic carbocycles. The van der Waals surface area contributed by atoms with Crippen molar-refractivity contribution in [1.82, 2.24) is 25.5 Å². The Morgan fingerprint density at radius 1 is 1.08 bits per heavy atom. The number of hydrogen-bond acceptors (Lipinski definition) is 5. The number of anilines is 2. The zero-order valence-corrected chi connectivity index (χ0v) is 13.5. The molecular weight excluding hydrogens is 344 g/mol. The highest BCUT2D eigenvalue weighted by molar-refractivity contribution is 5.89. The molecule has 0 unspecified atom stereocenters. The van der Waals surface area contributed by atoms with Crippen LogP contribution in [0.25, 0.3) is 5.69 Å². The number of nitrogens with zero attached hydrogens (tertiary/aromatic N) is 4. The van der Waals surface area contributed by atoms with Gasteiger partial charge in [0.15, 0.2) is 0 Å². The van der Waals surface area contributed by atoms with Crippen molar-refractivity contribution in [1.29, 1.82) is 0 Å². The van der Waals surface area contributed by atoms with E-state index in [1.165, 1.54) is 4.68 Å². The SMILES string of the molecule is O=C(NCCNc1nnnn1-c1ccccc1)Nc1ccc(F)cc1F. The summed E-state index contributed by atoms with van der Waals surface area (Å²) in [6.07, 6.45) is 0. The molecule has 26 heavy (non-hydrogen) atoms. The molecule has 0 aliphatic heterocycles. The lowest BCUT2D eigenvalue weighted by Crippen LogP contribution is -2.33. The second kappa shape index (κ2) is 8.01. The fourth-order valence-electron chi connectivity index (χ4n) is 2.15. The number of amides is 2. The van der Waals surface area contributed by atoms with Crippen LogP contribution >= 0.6 is 0 Å². The summed E-state index contributed by atoms with van der Waals surface area (Å²) in [5, 5.41) is 19.2. The molecule has 134 valence electrons. The van der Waals surface area contributed by atoms with Crippen LogP contribution in [0.5, 0.6) is 0 Å². The third-order valence-corrected chi connectivity index (χ3v) is 3.34. The standard InChI is InChI=1S/C16H15F2N7O/c17-11-6-7-14(13(18)10-11)21-16(26)20-9-8-19-15-22-23-24-25(15)12-4-2-1-3-5-12/h1-7,10H,8-9H2,(H,19,22,24)(H2,20,21,26). The molecule has 2 amide bonds. The number of urea groups is 1. The minimum Gasteiger partial charge on any atom is -0.351 e. The van der Waals surface area contributed by atoms with Gasteiger partial charge in [0.05, 0.1) is 11.4 Å². The molecule has 3 N–H and O–H groups in total. The number of carbonyl (C=O) groups excluding carboxylic acids is 1. The van der Waals surface area contributed by atoms with Gasteiger partial charge in [0, 0.05) is 19.2 Å². The third kappa shape index (κ3) is 4.29. The minimum absolute atomic E-state index is 0.107. The Bertz CT molecular complexity index is 885. The van der Waals surface area contributed by atoms with Gasteiger partial charge in [0.1, 0.15) is 11.6 Å². The van der Waals surface area contributed by atoms with Crippen molar-refractivity contribution in [2.75, 3.05) is 23.7 Å². The Morgan fingerprint density at radius 3 is 2.65 bits per heavy atom. The van der Waals surface area contributed by atoms with Gasteiger partial charge in [-0.2, -0.15) is 4.68 Å². The van der Waals surface area contributed by atoms with Gasteiger partial charge >= 0.3 is 6.03 Å². The summed E-state index contributed by atoms with van der Waals surface area (Å²) in [7, 11) is 0. The van der Waals surface area contributed by atoms with E-state index in [4.69, 9.17) is 0 Å². The van der Waals surface area contributed by atoms with Crippen LogP contribution in [0.4, 0.5) is 25.2 Å². The Hall–Kier alpha value is -3.56. The van der Waals surface area contributed by atoms with E-state index in [2.05, 4.69) is 31.5 Å². The van der Waals surface area contributed by atoms with Gasteiger partial charge in [-0.25, -0.2) is 13.6 Å². The van der Waals surface area contributed by atoms with Crippen LogP contribution in [-0.2, 0) is 0 Å². The van der Waals surface area contributed by atoms with Gasteiger partial charge in [-0.15, -0.1) is 0 Å². The molecule has 0 aliphatic rings. The number of benzene rings is 2. The van der Waals surface area contributed by atoms with E-state index in [0.717, 1.165) is 17.8 Å². The van der Waals surface area contributed by atoms with E-state index in [9.17, 15) is 13.6 Å². The van der Waals surface area contributed by atoms with Crippen molar-refractivity contribution in [2.45, 2.75) is 0 Å². The summed E-state index contributed by atoms with van der Waals surface area (Å²) in [6, 6.07) is 11.6. The highest BCUT2D eigenvalue weighted by Gasteiger charge is 2.09. The van der Waals surface area contributed by atoms with Crippen molar-refractivity contribution in [3.63, 3.8) is 0 Å². The van der Waals surface area contributed by atoms with Crippen molar-refractivity contribution in [2.24, 2.45) is 0 Å². The smallest absolute Gasteiger partial charge is 0.319 e. The van der Waals surface area contributed by atoms with Gasteiger partial charge in [-0.3, -0.25) is 0 Å². The molecule has 0 aliphatic carbocycles. The summed E-state index contributed by atoms with van der Waals surface area (Å²) in [4.78, 5) is 11.7. The average Bonchev–Trinajstić information content (AvgIpc) is 3.10. The van der Waals surface area contributed by atoms with Crippen LogP contribution in [0, 0.1) is 11.6 Å². The lowest BCUT2D eigenvalue weighted by molar-refractivity contribution is 0.252. The van der Waals surface area contributed by atoms with Crippen molar-refractivity contribution < 1.29 is 13.6 Å². The highest BCUT2D eigenvalue weighted by atomic mass is 19.1. The molecule has 0 saturated heterocycles. The number of para-hydroxylation sites is 1. The molecule has 3 aromatic rings. The Balaban J connectivity index is 1.47. The Labute approximate surface area is 147 Å². The summed E-state index contributed by atoms with van der Waals surface area (Å²) < 4.78 is 27.8. The Kier molecular flexibility index (Phi) is 5.32. The first kappa shape index (κ1) is 17.3. The summed E-state index contributed by atoms with van der Waals surface area (Å²) in [5.74, 6) is -1.14. The zero-order chi connectivity index (χ0) is 18.4. The van der Waals surface area contributed by atoms with E-state index >= 15 is 0 Å². The molecule has 0 bridgehead atoms. The second-order valence-electron chi connectivity index (χ2n) is 5.18. The average molecular weight is 359 g/mol. The molecule has 0 spiro atoms. The van der Waals surface area contributed by atoms with Crippen LogP contribution in [0.15, 0.2) is 48.5 Å². The molecule has 0 saturated carbocycles. The molecule has 0 radical (unpaired) electrons. The normalized spacial score (nSPS) is 10.4. The molecule has 3 rings (SSSR count).